The number of benzene rings is 2. The van der Waals surface area contributed by atoms with Gasteiger partial charge in [0.25, 0.3) is 10.0 Å². The second-order valence-corrected chi connectivity index (χ2v) is 7.01. The molecule has 0 amide bonds. The van der Waals surface area contributed by atoms with Crippen LogP contribution in [-0.4, -0.2) is 15.0 Å². The third-order valence-electron chi connectivity index (χ3n) is 2.77. The zero-order valence-electron chi connectivity index (χ0n) is 11.8. The van der Waals surface area contributed by atoms with Crippen LogP contribution < -0.4 is 9.46 Å². The molecule has 1 N–H and O–H groups in total. The van der Waals surface area contributed by atoms with Crippen molar-refractivity contribution in [3.8, 4) is 5.75 Å². The van der Waals surface area contributed by atoms with Gasteiger partial charge in [0.05, 0.1) is 12.3 Å². The van der Waals surface area contributed by atoms with E-state index >= 15 is 0 Å². The highest BCUT2D eigenvalue weighted by Crippen LogP contribution is 2.26. The molecule has 2 rings (SSSR count). The van der Waals surface area contributed by atoms with Gasteiger partial charge in [0, 0.05) is 10.5 Å². The minimum absolute atomic E-state index is 0.204. The van der Waals surface area contributed by atoms with E-state index in [0.29, 0.717) is 22.5 Å². The average Bonchev–Trinajstić information content (AvgIpc) is 2.38. The summed E-state index contributed by atoms with van der Waals surface area (Å²) >= 11 is 3.29. The molecule has 0 atom stereocenters. The average molecular weight is 370 g/mol. The Morgan fingerprint density at radius 1 is 1.19 bits per heavy atom. The Morgan fingerprint density at radius 3 is 2.62 bits per heavy atom. The van der Waals surface area contributed by atoms with Crippen LogP contribution in [0.15, 0.2) is 51.8 Å². The van der Waals surface area contributed by atoms with E-state index in [9.17, 15) is 8.42 Å². The molecule has 0 saturated carbocycles. The predicted octanol–water partition coefficient (Wildman–Crippen LogP) is 3.96. The van der Waals surface area contributed by atoms with Crippen LogP contribution in [0.25, 0.3) is 0 Å². The van der Waals surface area contributed by atoms with Gasteiger partial charge < -0.3 is 4.74 Å². The Kier molecular flexibility index (Phi) is 4.90. The molecule has 0 aliphatic carbocycles. The van der Waals surface area contributed by atoms with E-state index < -0.39 is 10.0 Å². The number of nitrogens with one attached hydrogen (secondary N) is 1. The maximum Gasteiger partial charge on any atom is 0.263 e. The zero-order chi connectivity index (χ0) is 15.5. The van der Waals surface area contributed by atoms with Crippen LogP contribution >= 0.6 is 15.9 Å². The van der Waals surface area contributed by atoms with Gasteiger partial charge in [-0.2, -0.15) is 0 Å². The number of hydrogen-bond acceptors (Lipinski definition) is 3. The normalized spacial score (nSPS) is 11.2. The van der Waals surface area contributed by atoms with Gasteiger partial charge in [-0.15, -0.1) is 0 Å². The Bertz CT molecular complexity index is 744. The second kappa shape index (κ2) is 6.49. The van der Waals surface area contributed by atoms with Crippen molar-refractivity contribution in [1.29, 1.82) is 0 Å². The number of aryl methyl sites for hydroxylation is 1. The third kappa shape index (κ3) is 3.98. The molecule has 0 spiro atoms. The molecule has 0 radical (unpaired) electrons. The molecule has 2 aromatic carbocycles. The lowest BCUT2D eigenvalue weighted by Crippen LogP contribution is -2.13. The van der Waals surface area contributed by atoms with E-state index in [4.69, 9.17) is 4.74 Å². The first-order chi connectivity index (χ1) is 9.92. The number of hydrogen-bond donors (Lipinski definition) is 1. The second-order valence-electron chi connectivity index (χ2n) is 4.50. The maximum atomic E-state index is 12.4. The van der Waals surface area contributed by atoms with E-state index in [2.05, 4.69) is 20.7 Å². The Morgan fingerprint density at radius 2 is 1.95 bits per heavy atom. The van der Waals surface area contributed by atoms with Gasteiger partial charge in [-0.05, 0) is 59.6 Å². The summed E-state index contributed by atoms with van der Waals surface area (Å²) in [6, 6.07) is 12.0. The molecule has 0 aromatic heterocycles. The summed E-state index contributed by atoms with van der Waals surface area (Å²) in [5, 5.41) is 0. The Hall–Kier alpha value is -1.53. The van der Waals surface area contributed by atoms with Crippen LogP contribution in [0.5, 0.6) is 5.75 Å². The van der Waals surface area contributed by atoms with E-state index in [-0.39, 0.29) is 4.90 Å². The van der Waals surface area contributed by atoms with Crippen molar-refractivity contribution in [2.75, 3.05) is 11.3 Å². The van der Waals surface area contributed by atoms with Gasteiger partial charge in [0.2, 0.25) is 0 Å². The number of ether oxygens (including phenoxy) is 1. The summed E-state index contributed by atoms with van der Waals surface area (Å²) in [7, 11) is -3.64. The Balaban J connectivity index is 2.31. The van der Waals surface area contributed by atoms with Gasteiger partial charge in [0.15, 0.2) is 0 Å². The maximum absolute atomic E-state index is 12.4. The SMILES string of the molecule is CCOc1cccc(NS(=O)(=O)c2ccc(C)cc2Br)c1. The van der Waals surface area contributed by atoms with Crippen LogP contribution in [0.1, 0.15) is 12.5 Å². The van der Waals surface area contributed by atoms with Crippen LogP contribution in [0.3, 0.4) is 0 Å². The molecule has 0 aliphatic rings. The van der Waals surface area contributed by atoms with E-state index in [1.165, 1.54) is 0 Å². The largest absolute Gasteiger partial charge is 0.494 e. The molecule has 0 bridgehead atoms. The predicted molar refractivity (Wildman–Crippen MR) is 87.3 cm³/mol. The van der Waals surface area contributed by atoms with Crippen molar-refractivity contribution >= 4 is 31.6 Å². The summed E-state index contributed by atoms with van der Waals surface area (Å²) in [4.78, 5) is 0.204. The van der Waals surface area contributed by atoms with Crippen molar-refractivity contribution in [3.63, 3.8) is 0 Å². The highest BCUT2D eigenvalue weighted by atomic mass is 79.9. The standard InChI is InChI=1S/C15H16BrNO3S/c1-3-20-13-6-4-5-12(10-13)17-21(18,19)15-8-7-11(2)9-14(15)16/h4-10,17H,3H2,1-2H3. The van der Waals surface area contributed by atoms with Gasteiger partial charge >= 0.3 is 0 Å². The quantitative estimate of drug-likeness (QED) is 0.867. The summed E-state index contributed by atoms with van der Waals surface area (Å²) in [5.74, 6) is 0.626. The first-order valence-electron chi connectivity index (χ1n) is 6.44. The third-order valence-corrected chi connectivity index (χ3v) is 5.13. The fourth-order valence-electron chi connectivity index (χ4n) is 1.85. The van der Waals surface area contributed by atoms with Gasteiger partial charge in [0.1, 0.15) is 10.6 Å². The van der Waals surface area contributed by atoms with E-state index in [1.807, 2.05) is 13.8 Å². The molecule has 4 nitrogen and oxygen atoms in total. The fourth-order valence-corrected chi connectivity index (χ4v) is 4.09. The van der Waals surface area contributed by atoms with Crippen molar-refractivity contribution in [1.82, 2.24) is 0 Å². The number of rotatable bonds is 5. The molecule has 0 saturated heterocycles. The molecule has 2 aromatic rings. The molecule has 21 heavy (non-hydrogen) atoms. The minimum atomic E-state index is -3.64. The van der Waals surface area contributed by atoms with Gasteiger partial charge in [-0.3, -0.25) is 4.72 Å². The van der Waals surface area contributed by atoms with E-state index in [0.717, 1.165) is 5.56 Å². The minimum Gasteiger partial charge on any atom is -0.494 e. The lowest BCUT2D eigenvalue weighted by molar-refractivity contribution is 0.340. The highest BCUT2D eigenvalue weighted by molar-refractivity contribution is 9.10. The van der Waals surface area contributed by atoms with Crippen LogP contribution in [0.4, 0.5) is 5.69 Å². The number of halogens is 1. The monoisotopic (exact) mass is 369 g/mol. The summed E-state index contributed by atoms with van der Waals surface area (Å²) < 4.78 is 33.3. The molecule has 0 heterocycles. The zero-order valence-corrected chi connectivity index (χ0v) is 14.2. The Labute approximate surface area is 133 Å². The first-order valence-corrected chi connectivity index (χ1v) is 8.72. The smallest absolute Gasteiger partial charge is 0.263 e. The molecular weight excluding hydrogens is 354 g/mol. The molecule has 0 unspecified atom stereocenters. The van der Waals surface area contributed by atoms with Crippen molar-refractivity contribution in [3.05, 3.63) is 52.5 Å². The summed E-state index contributed by atoms with van der Waals surface area (Å²) in [6.07, 6.45) is 0. The van der Waals surface area contributed by atoms with Crippen molar-refractivity contribution in [2.45, 2.75) is 18.7 Å². The summed E-state index contributed by atoms with van der Waals surface area (Å²) in [5.41, 5.74) is 1.45. The van der Waals surface area contributed by atoms with Crippen molar-refractivity contribution in [2.24, 2.45) is 0 Å². The van der Waals surface area contributed by atoms with Crippen molar-refractivity contribution < 1.29 is 13.2 Å². The molecule has 112 valence electrons. The highest BCUT2D eigenvalue weighted by Gasteiger charge is 2.17. The molecule has 0 fully saturated rings. The lowest BCUT2D eigenvalue weighted by Gasteiger charge is -2.11. The molecular formula is C15H16BrNO3S. The van der Waals surface area contributed by atoms with Crippen LogP contribution in [-0.2, 0) is 10.0 Å². The fraction of sp³-hybridized carbons (Fsp3) is 0.200. The van der Waals surface area contributed by atoms with Gasteiger partial charge in [-0.1, -0.05) is 12.1 Å². The van der Waals surface area contributed by atoms with Crippen LogP contribution in [0, 0.1) is 6.92 Å². The molecule has 0 aliphatic heterocycles. The van der Waals surface area contributed by atoms with Crippen LogP contribution in [0.2, 0.25) is 0 Å². The first kappa shape index (κ1) is 15.9. The molecule has 6 heteroatoms. The number of sulfonamides is 1. The lowest BCUT2D eigenvalue weighted by atomic mass is 10.2. The van der Waals surface area contributed by atoms with E-state index in [1.54, 1.807) is 42.5 Å². The number of anilines is 1. The summed E-state index contributed by atoms with van der Waals surface area (Å²) in [6.45, 7) is 4.31. The topological polar surface area (TPSA) is 55.4 Å². The van der Waals surface area contributed by atoms with Gasteiger partial charge in [-0.25, -0.2) is 8.42 Å².